The average molecular weight is 512 g/mol. The number of aliphatic carboxylic acids is 1. The van der Waals surface area contributed by atoms with Gasteiger partial charge in [0.15, 0.2) is 0 Å². The number of rotatable bonds is 9. The van der Waals surface area contributed by atoms with Crippen molar-refractivity contribution in [3.8, 4) is 11.3 Å². The van der Waals surface area contributed by atoms with Gasteiger partial charge in [-0.05, 0) is 37.5 Å². The first-order valence-corrected chi connectivity index (χ1v) is 11.9. The predicted octanol–water partition coefficient (Wildman–Crippen LogP) is 4.82. The maximum Gasteiger partial charge on any atom is 0.408 e. The van der Waals surface area contributed by atoms with Crippen molar-refractivity contribution in [1.29, 1.82) is 0 Å². The van der Waals surface area contributed by atoms with Gasteiger partial charge in [-0.2, -0.15) is 0 Å². The van der Waals surface area contributed by atoms with Crippen molar-refractivity contribution in [2.24, 2.45) is 11.8 Å². The van der Waals surface area contributed by atoms with Gasteiger partial charge in [0.25, 0.3) is 5.91 Å². The van der Waals surface area contributed by atoms with Crippen LogP contribution >= 0.6 is 11.6 Å². The number of hydrogen-bond donors (Lipinski definition) is 3. The van der Waals surface area contributed by atoms with Crippen LogP contribution in [-0.4, -0.2) is 34.3 Å². The van der Waals surface area contributed by atoms with Gasteiger partial charge < -0.3 is 25.0 Å². The van der Waals surface area contributed by atoms with Crippen LogP contribution in [0.15, 0.2) is 59.3 Å². The zero-order valence-electron chi connectivity index (χ0n) is 19.7. The zero-order valence-corrected chi connectivity index (χ0v) is 20.5. The van der Waals surface area contributed by atoms with E-state index in [1.807, 2.05) is 6.07 Å². The van der Waals surface area contributed by atoms with Crippen LogP contribution < -0.4 is 10.6 Å². The van der Waals surface area contributed by atoms with Crippen molar-refractivity contribution < 1.29 is 28.8 Å². The molecule has 1 fully saturated rings. The number of carbonyl (C=O) groups is 3. The smallest absolute Gasteiger partial charge is 0.408 e. The van der Waals surface area contributed by atoms with E-state index in [1.54, 1.807) is 56.3 Å². The van der Waals surface area contributed by atoms with Crippen LogP contribution in [0.5, 0.6) is 0 Å². The van der Waals surface area contributed by atoms with Crippen molar-refractivity contribution in [2.75, 3.05) is 0 Å². The maximum atomic E-state index is 12.5. The molecule has 4 unspecified atom stereocenters. The van der Waals surface area contributed by atoms with Crippen LogP contribution in [0.25, 0.3) is 11.3 Å². The summed E-state index contributed by atoms with van der Waals surface area (Å²) in [5.74, 6) is -1.66. The molecular formula is C26H26ClN3O6. The van der Waals surface area contributed by atoms with Gasteiger partial charge in [-0.3, -0.25) is 9.59 Å². The van der Waals surface area contributed by atoms with Gasteiger partial charge in [-0.1, -0.05) is 54.0 Å². The Kier molecular flexibility index (Phi) is 7.59. The van der Waals surface area contributed by atoms with Crippen LogP contribution in [0, 0.1) is 11.8 Å². The van der Waals surface area contributed by atoms with Gasteiger partial charge in [-0.15, -0.1) is 0 Å². The van der Waals surface area contributed by atoms with E-state index in [2.05, 4.69) is 15.8 Å². The number of carbonyl (C=O) groups excluding carboxylic acids is 2. The monoisotopic (exact) mass is 511 g/mol. The molecule has 0 radical (unpaired) electrons. The number of aromatic nitrogens is 1. The van der Waals surface area contributed by atoms with E-state index in [0.29, 0.717) is 39.4 Å². The Morgan fingerprint density at radius 3 is 2.58 bits per heavy atom. The van der Waals surface area contributed by atoms with Crippen LogP contribution in [-0.2, 0) is 16.1 Å². The molecule has 0 bridgehead atoms. The van der Waals surface area contributed by atoms with Crippen molar-refractivity contribution in [1.82, 2.24) is 15.8 Å². The van der Waals surface area contributed by atoms with E-state index >= 15 is 0 Å². The van der Waals surface area contributed by atoms with Gasteiger partial charge in [0.05, 0.1) is 12.5 Å². The number of ether oxygens (including phenoxy) is 1. The third-order valence-corrected chi connectivity index (χ3v) is 6.65. The number of nitrogens with zero attached hydrogens (tertiary/aromatic N) is 1. The maximum absolute atomic E-state index is 12.5. The highest BCUT2D eigenvalue weighted by atomic mass is 35.5. The van der Waals surface area contributed by atoms with E-state index in [9.17, 15) is 14.4 Å². The summed E-state index contributed by atoms with van der Waals surface area (Å²) in [6.07, 6.45) is 0.950. The molecule has 2 aromatic carbocycles. The number of nitrogens with one attached hydrogen (secondary N) is 2. The van der Waals surface area contributed by atoms with Crippen molar-refractivity contribution in [3.63, 3.8) is 0 Å². The summed E-state index contributed by atoms with van der Waals surface area (Å²) in [5.41, 5.74) is 3.03. The molecule has 1 aliphatic rings. The first kappa shape index (κ1) is 25.2. The molecule has 188 valence electrons. The fourth-order valence-corrected chi connectivity index (χ4v) is 4.30. The molecule has 1 aliphatic carbocycles. The van der Waals surface area contributed by atoms with E-state index in [0.717, 1.165) is 0 Å². The number of benzene rings is 2. The SMILES string of the molecule is CC(OC(=O)NCc1conc1-c1ccc(C(=O)NC2CC2C(C)C(=O)O)cc1)c1ccccc1Cl. The Labute approximate surface area is 212 Å². The Bertz CT molecular complexity index is 1260. The Hall–Kier alpha value is -3.85. The topological polar surface area (TPSA) is 131 Å². The van der Waals surface area contributed by atoms with E-state index in [1.165, 1.54) is 6.26 Å². The van der Waals surface area contributed by atoms with E-state index in [-0.39, 0.29) is 24.4 Å². The molecule has 4 rings (SSSR count). The lowest BCUT2D eigenvalue weighted by molar-refractivity contribution is -0.141. The second-order valence-electron chi connectivity index (χ2n) is 8.79. The number of halogens is 1. The van der Waals surface area contributed by atoms with Crippen LogP contribution in [0.3, 0.4) is 0 Å². The van der Waals surface area contributed by atoms with Crippen molar-refractivity contribution in [2.45, 2.75) is 39.0 Å². The van der Waals surface area contributed by atoms with Crippen molar-refractivity contribution >= 4 is 29.6 Å². The fourth-order valence-electron chi connectivity index (χ4n) is 4.01. The zero-order chi connectivity index (χ0) is 25.8. The summed E-state index contributed by atoms with van der Waals surface area (Å²) in [7, 11) is 0. The summed E-state index contributed by atoms with van der Waals surface area (Å²) in [6.45, 7) is 3.51. The Balaban J connectivity index is 1.32. The highest BCUT2D eigenvalue weighted by Crippen LogP contribution is 2.37. The quantitative estimate of drug-likeness (QED) is 0.375. The minimum absolute atomic E-state index is 0.0460. The minimum Gasteiger partial charge on any atom is -0.481 e. The second kappa shape index (κ2) is 10.8. The lowest BCUT2D eigenvalue weighted by Crippen LogP contribution is -2.28. The summed E-state index contributed by atoms with van der Waals surface area (Å²) in [6, 6.07) is 13.8. The molecule has 10 heteroatoms. The van der Waals surface area contributed by atoms with Gasteiger partial charge in [0, 0.05) is 33.3 Å². The number of alkyl carbamates (subject to hydrolysis) is 1. The summed E-state index contributed by atoms with van der Waals surface area (Å²) in [4.78, 5) is 35.9. The number of carboxylic acid groups (broad SMARTS) is 1. The number of amides is 2. The molecule has 4 atom stereocenters. The predicted molar refractivity (Wildman–Crippen MR) is 131 cm³/mol. The molecule has 0 aliphatic heterocycles. The standard InChI is InChI=1S/C26H26ClN3O6/c1-14(25(32)33)20-11-22(20)29-24(31)17-9-7-16(8-10-17)23-18(13-35-30-23)12-28-26(34)36-15(2)19-5-3-4-6-21(19)27/h3-10,13-15,20,22H,11-12H2,1-2H3,(H,28,34)(H,29,31)(H,32,33). The highest BCUT2D eigenvalue weighted by Gasteiger charge is 2.44. The first-order valence-electron chi connectivity index (χ1n) is 11.5. The van der Waals surface area contributed by atoms with Crippen LogP contribution in [0.2, 0.25) is 5.02 Å². The highest BCUT2D eigenvalue weighted by molar-refractivity contribution is 6.31. The largest absolute Gasteiger partial charge is 0.481 e. The fraction of sp³-hybridized carbons (Fsp3) is 0.308. The average Bonchev–Trinajstić information content (AvgIpc) is 3.45. The molecule has 36 heavy (non-hydrogen) atoms. The lowest BCUT2D eigenvalue weighted by atomic mass is 10.1. The summed E-state index contributed by atoms with van der Waals surface area (Å²) < 4.78 is 10.5. The molecule has 1 aromatic heterocycles. The first-order chi connectivity index (χ1) is 17.2. The minimum atomic E-state index is -0.859. The molecule has 0 saturated heterocycles. The summed E-state index contributed by atoms with van der Waals surface area (Å²) >= 11 is 6.16. The van der Waals surface area contributed by atoms with Crippen molar-refractivity contribution in [3.05, 3.63) is 76.5 Å². The third kappa shape index (κ3) is 5.85. The van der Waals surface area contributed by atoms with Gasteiger partial charge in [0.2, 0.25) is 0 Å². The molecule has 3 aromatic rings. The third-order valence-electron chi connectivity index (χ3n) is 6.30. The van der Waals surface area contributed by atoms with Crippen LogP contribution in [0.1, 0.15) is 47.9 Å². The Morgan fingerprint density at radius 2 is 1.89 bits per heavy atom. The molecule has 0 spiro atoms. The molecule has 9 nitrogen and oxygen atoms in total. The molecule has 1 heterocycles. The molecule has 2 amide bonds. The van der Waals surface area contributed by atoms with Gasteiger partial charge in [0.1, 0.15) is 18.1 Å². The molecule has 1 saturated carbocycles. The number of carboxylic acids is 1. The summed E-state index contributed by atoms with van der Waals surface area (Å²) in [5, 5.41) is 19.2. The van der Waals surface area contributed by atoms with E-state index < -0.39 is 24.1 Å². The molecule has 3 N–H and O–H groups in total. The number of hydrogen-bond acceptors (Lipinski definition) is 6. The normalized spacial score (nSPS) is 18.1. The molecular weight excluding hydrogens is 486 g/mol. The van der Waals surface area contributed by atoms with Gasteiger partial charge in [-0.25, -0.2) is 4.79 Å². The second-order valence-corrected chi connectivity index (χ2v) is 9.20. The van der Waals surface area contributed by atoms with E-state index in [4.69, 9.17) is 26.0 Å². The Morgan fingerprint density at radius 1 is 1.17 bits per heavy atom. The van der Waals surface area contributed by atoms with Crippen LogP contribution in [0.4, 0.5) is 4.79 Å². The lowest BCUT2D eigenvalue weighted by Gasteiger charge is -2.15. The van der Waals surface area contributed by atoms with Gasteiger partial charge >= 0.3 is 12.1 Å².